The normalized spacial score (nSPS) is 15.6. The van der Waals surface area contributed by atoms with Crippen LogP contribution >= 0.6 is 0 Å². The molecule has 0 saturated carbocycles. The van der Waals surface area contributed by atoms with Crippen molar-refractivity contribution < 1.29 is 32.6 Å². The number of furan rings is 1. The lowest BCUT2D eigenvalue weighted by Crippen LogP contribution is -2.51. The van der Waals surface area contributed by atoms with Gasteiger partial charge in [-0.25, -0.2) is 0 Å². The Balaban J connectivity index is 3.03. The molecule has 120 valence electrons. The Morgan fingerprint density at radius 2 is 1.90 bits per heavy atom. The maximum Gasteiger partial charge on any atom is 0.425 e. The number of rotatable bonds is 5. The second-order valence-electron chi connectivity index (χ2n) is 5.54. The maximum absolute atomic E-state index is 13.1. The number of nitrogens with one attached hydrogen (secondary N) is 1. The minimum absolute atomic E-state index is 0.184. The van der Waals surface area contributed by atoms with Crippen molar-refractivity contribution in [1.82, 2.24) is 5.32 Å². The van der Waals surface area contributed by atoms with Crippen LogP contribution in [-0.2, 0) is 10.4 Å². The van der Waals surface area contributed by atoms with Crippen LogP contribution in [0.3, 0.4) is 0 Å². The lowest BCUT2D eigenvalue weighted by atomic mass is 9.94. The number of halogens is 3. The predicted octanol–water partition coefficient (Wildman–Crippen LogP) is 1.62. The summed E-state index contributed by atoms with van der Waals surface area (Å²) in [6, 6.07) is 2.24. The number of amides is 1. The van der Waals surface area contributed by atoms with E-state index in [4.69, 9.17) is 9.52 Å². The molecule has 0 spiro atoms. The van der Waals surface area contributed by atoms with Gasteiger partial charge in [0.05, 0.1) is 18.6 Å². The summed E-state index contributed by atoms with van der Waals surface area (Å²) in [5.41, 5.74) is -4.51. The number of hydrogen-bond acceptors (Lipinski definition) is 4. The first-order valence-corrected chi connectivity index (χ1v) is 6.19. The number of alkyl halides is 3. The van der Waals surface area contributed by atoms with Gasteiger partial charge >= 0.3 is 6.18 Å². The first-order valence-electron chi connectivity index (χ1n) is 6.19. The van der Waals surface area contributed by atoms with Crippen LogP contribution in [0.1, 0.15) is 31.8 Å². The van der Waals surface area contributed by atoms with Crippen molar-refractivity contribution in [1.29, 1.82) is 0 Å². The third-order valence-electron chi connectivity index (χ3n) is 2.91. The Bertz CT molecular complexity index is 510. The lowest BCUT2D eigenvalue weighted by molar-refractivity contribution is -0.273. The van der Waals surface area contributed by atoms with Gasteiger partial charge in [-0.3, -0.25) is 4.79 Å². The summed E-state index contributed by atoms with van der Waals surface area (Å²) < 4.78 is 44.2. The van der Waals surface area contributed by atoms with Crippen LogP contribution in [0.5, 0.6) is 0 Å². The van der Waals surface area contributed by atoms with Gasteiger partial charge < -0.3 is 19.9 Å². The average Bonchev–Trinajstić information content (AvgIpc) is 2.73. The van der Waals surface area contributed by atoms with E-state index >= 15 is 0 Å². The molecule has 0 aliphatic rings. The molecule has 0 fully saturated rings. The summed E-state index contributed by atoms with van der Waals surface area (Å²) in [5.74, 6) is -1.61. The zero-order valence-electron chi connectivity index (χ0n) is 11.9. The highest BCUT2D eigenvalue weighted by atomic mass is 19.4. The number of aliphatic hydroxyl groups excluding tert-OH is 1. The summed E-state index contributed by atoms with van der Waals surface area (Å²) in [4.78, 5) is 11.7. The maximum atomic E-state index is 13.1. The summed E-state index contributed by atoms with van der Waals surface area (Å²) in [6.07, 6.45) is -6.34. The summed E-state index contributed by atoms with van der Waals surface area (Å²) in [6.45, 7) is 3.85. The number of hydrogen-bond donors (Lipinski definition) is 3. The Morgan fingerprint density at radius 3 is 2.29 bits per heavy atom. The highest BCUT2D eigenvalue weighted by molar-refractivity contribution is 5.78. The summed E-state index contributed by atoms with van der Waals surface area (Å²) in [7, 11) is 0. The lowest BCUT2D eigenvalue weighted by Gasteiger charge is -2.30. The van der Waals surface area contributed by atoms with Crippen LogP contribution in [0, 0.1) is 6.92 Å². The van der Waals surface area contributed by atoms with Gasteiger partial charge in [0.1, 0.15) is 11.5 Å². The molecule has 0 aliphatic carbocycles. The Morgan fingerprint density at radius 1 is 1.33 bits per heavy atom. The zero-order valence-corrected chi connectivity index (χ0v) is 11.9. The second kappa shape index (κ2) is 5.69. The Labute approximate surface area is 119 Å². The third kappa shape index (κ3) is 3.98. The Hall–Kier alpha value is -1.54. The van der Waals surface area contributed by atoms with Crippen molar-refractivity contribution in [3.8, 4) is 0 Å². The van der Waals surface area contributed by atoms with E-state index in [-0.39, 0.29) is 5.76 Å². The van der Waals surface area contributed by atoms with E-state index in [1.807, 2.05) is 0 Å². The van der Waals surface area contributed by atoms with Gasteiger partial charge in [0, 0.05) is 0 Å². The fourth-order valence-corrected chi connectivity index (χ4v) is 1.68. The van der Waals surface area contributed by atoms with Crippen molar-refractivity contribution in [3.05, 3.63) is 23.7 Å². The first kappa shape index (κ1) is 17.5. The summed E-state index contributed by atoms with van der Waals surface area (Å²) in [5, 5.41) is 21.2. The molecule has 0 bridgehead atoms. The second-order valence-corrected chi connectivity index (χ2v) is 5.54. The fraction of sp³-hybridized carbons (Fsp3) is 0.615. The third-order valence-corrected chi connectivity index (χ3v) is 2.91. The molecule has 1 aromatic rings. The van der Waals surface area contributed by atoms with Crippen LogP contribution in [0.15, 0.2) is 16.5 Å². The van der Waals surface area contributed by atoms with Gasteiger partial charge in [0.25, 0.3) is 0 Å². The van der Waals surface area contributed by atoms with Gasteiger partial charge in [-0.2, -0.15) is 13.2 Å². The molecule has 21 heavy (non-hydrogen) atoms. The number of carbonyl (C=O) groups excluding carboxylic acids is 1. The molecule has 1 atom stereocenters. The Kier molecular flexibility index (Phi) is 4.74. The van der Waals surface area contributed by atoms with Crippen molar-refractivity contribution in [2.24, 2.45) is 0 Å². The zero-order chi connectivity index (χ0) is 16.5. The quantitative estimate of drug-likeness (QED) is 0.772. The number of carbonyl (C=O) groups is 1. The first-order chi connectivity index (χ1) is 9.41. The smallest absolute Gasteiger partial charge is 0.425 e. The van der Waals surface area contributed by atoms with E-state index in [0.717, 1.165) is 6.07 Å². The minimum Gasteiger partial charge on any atom is -0.463 e. The molecule has 5 nitrogen and oxygen atoms in total. The van der Waals surface area contributed by atoms with Crippen LogP contribution in [0.4, 0.5) is 13.2 Å². The molecule has 1 rings (SSSR count). The highest BCUT2D eigenvalue weighted by Crippen LogP contribution is 2.42. The molecular weight excluding hydrogens is 291 g/mol. The molecule has 1 heterocycles. The van der Waals surface area contributed by atoms with Crippen LogP contribution in [-0.4, -0.2) is 34.4 Å². The topological polar surface area (TPSA) is 82.7 Å². The van der Waals surface area contributed by atoms with Gasteiger partial charge in [0.15, 0.2) is 0 Å². The van der Waals surface area contributed by atoms with Crippen molar-refractivity contribution in [2.75, 3.05) is 6.61 Å². The van der Waals surface area contributed by atoms with E-state index in [1.165, 1.54) is 26.8 Å². The summed E-state index contributed by atoms with van der Waals surface area (Å²) >= 11 is 0. The van der Waals surface area contributed by atoms with Crippen molar-refractivity contribution >= 4 is 5.91 Å². The minimum atomic E-state index is -5.09. The van der Waals surface area contributed by atoms with Gasteiger partial charge in [-0.15, -0.1) is 0 Å². The molecule has 3 N–H and O–H groups in total. The fourth-order valence-electron chi connectivity index (χ4n) is 1.68. The van der Waals surface area contributed by atoms with Crippen LogP contribution < -0.4 is 5.32 Å². The van der Waals surface area contributed by atoms with E-state index < -0.39 is 42.0 Å². The molecule has 1 unspecified atom stereocenters. The largest absolute Gasteiger partial charge is 0.463 e. The predicted molar refractivity (Wildman–Crippen MR) is 67.3 cm³/mol. The monoisotopic (exact) mass is 309 g/mol. The van der Waals surface area contributed by atoms with E-state index in [9.17, 15) is 23.1 Å². The number of aliphatic hydroxyl groups is 2. The van der Waals surface area contributed by atoms with E-state index in [0.29, 0.717) is 0 Å². The molecule has 1 amide bonds. The molecule has 0 saturated heterocycles. The van der Waals surface area contributed by atoms with Gasteiger partial charge in [-0.1, -0.05) is 0 Å². The van der Waals surface area contributed by atoms with Gasteiger partial charge in [0.2, 0.25) is 11.5 Å². The van der Waals surface area contributed by atoms with Crippen molar-refractivity contribution in [2.45, 2.75) is 44.5 Å². The molecular formula is C13H18F3NO4. The van der Waals surface area contributed by atoms with E-state index in [1.54, 1.807) is 0 Å². The molecule has 8 heteroatoms. The number of aryl methyl sites for hydroxylation is 1. The molecule has 1 aromatic heterocycles. The molecule has 0 aliphatic heterocycles. The molecule has 0 aromatic carbocycles. The average molecular weight is 309 g/mol. The van der Waals surface area contributed by atoms with Crippen LogP contribution in [0.25, 0.3) is 0 Å². The SMILES string of the molecule is Cc1ccc(C(O)(CC(=O)NC(C)(C)CO)C(F)(F)F)o1. The molecule has 0 radical (unpaired) electrons. The highest BCUT2D eigenvalue weighted by Gasteiger charge is 2.58. The van der Waals surface area contributed by atoms with Crippen molar-refractivity contribution in [3.63, 3.8) is 0 Å². The van der Waals surface area contributed by atoms with E-state index in [2.05, 4.69) is 5.32 Å². The van der Waals surface area contributed by atoms with Crippen LogP contribution in [0.2, 0.25) is 0 Å². The van der Waals surface area contributed by atoms with Gasteiger partial charge in [-0.05, 0) is 32.9 Å². The standard InChI is InChI=1S/C13H18F3NO4/c1-8-4-5-9(21-8)12(20,13(14,15)16)6-10(19)17-11(2,3)7-18/h4-5,18,20H,6-7H2,1-3H3,(H,17,19).